The monoisotopic (exact) mass is 406 g/mol. The molecule has 0 bridgehead atoms. The minimum absolute atomic E-state index is 0.0287. The minimum atomic E-state index is -1.86. The Kier molecular flexibility index (Phi) is 4.44. The van der Waals surface area contributed by atoms with E-state index in [0.717, 1.165) is 5.57 Å². The summed E-state index contributed by atoms with van der Waals surface area (Å²) >= 11 is 0. The zero-order valence-corrected chi connectivity index (χ0v) is 17.7. The van der Waals surface area contributed by atoms with E-state index in [4.69, 9.17) is 4.74 Å². The summed E-state index contributed by atoms with van der Waals surface area (Å²) in [5, 5.41) is 11.3. The Morgan fingerprint density at radius 1 is 1.14 bits per heavy atom. The Hall–Kier alpha value is -1.56. The lowest BCUT2D eigenvalue weighted by Crippen LogP contribution is -2.69. The van der Waals surface area contributed by atoms with Gasteiger partial charge in [-0.15, -0.1) is 0 Å². The van der Waals surface area contributed by atoms with Gasteiger partial charge < -0.3 is 9.84 Å². The average Bonchev–Trinajstić information content (AvgIpc) is 2.90. The number of allylic oxidation sites excluding steroid dienone is 1. The van der Waals surface area contributed by atoms with Crippen LogP contribution in [-0.2, 0) is 19.1 Å². The van der Waals surface area contributed by atoms with Gasteiger partial charge >= 0.3 is 5.97 Å². The van der Waals surface area contributed by atoms with Crippen LogP contribution < -0.4 is 0 Å². The largest absolute Gasteiger partial charge is 0.451 e. The number of rotatable bonds is 2. The maximum Gasteiger partial charge on any atom is 0.303 e. The molecule has 7 atom stereocenters. The van der Waals surface area contributed by atoms with E-state index < -0.39 is 40.1 Å². The highest BCUT2D eigenvalue weighted by molar-refractivity contribution is 5.92. The second-order valence-corrected chi connectivity index (χ2v) is 10.1. The van der Waals surface area contributed by atoms with E-state index in [1.807, 2.05) is 13.8 Å². The summed E-state index contributed by atoms with van der Waals surface area (Å²) in [6.07, 6.45) is 3.15. The molecule has 0 aromatic heterocycles. The lowest BCUT2D eigenvalue weighted by atomic mass is 9.44. The first-order valence-corrected chi connectivity index (χ1v) is 10.7. The molecule has 0 saturated heterocycles. The number of aliphatic hydroxyl groups is 1. The van der Waals surface area contributed by atoms with Crippen molar-refractivity contribution in [2.24, 2.45) is 22.7 Å². The smallest absolute Gasteiger partial charge is 0.303 e. The molecule has 6 heteroatoms. The first-order valence-electron chi connectivity index (χ1n) is 10.7. The number of carbonyl (C=O) groups is 3. The van der Waals surface area contributed by atoms with Crippen LogP contribution in [0.5, 0.6) is 0 Å². The third-order valence-electron chi connectivity index (χ3n) is 9.05. The molecule has 160 valence electrons. The van der Waals surface area contributed by atoms with E-state index >= 15 is 4.39 Å². The lowest BCUT2D eigenvalue weighted by Gasteiger charge is -2.63. The summed E-state index contributed by atoms with van der Waals surface area (Å²) in [6.45, 7) is 6.45. The quantitative estimate of drug-likeness (QED) is 0.710. The molecule has 29 heavy (non-hydrogen) atoms. The van der Waals surface area contributed by atoms with Crippen molar-refractivity contribution in [3.63, 3.8) is 0 Å². The maximum absolute atomic E-state index is 17.0. The van der Waals surface area contributed by atoms with Crippen molar-refractivity contribution in [1.82, 2.24) is 0 Å². The van der Waals surface area contributed by atoms with Crippen molar-refractivity contribution >= 4 is 17.5 Å². The number of Topliss-reactive ketones (excluding diaryl/α,β-unsaturated/α-hetero) is 1. The fraction of sp³-hybridized carbons (Fsp3) is 0.783. The van der Waals surface area contributed by atoms with Gasteiger partial charge in [0, 0.05) is 30.1 Å². The number of hydrogen-bond donors (Lipinski definition) is 1. The zero-order valence-electron chi connectivity index (χ0n) is 17.7. The Balaban J connectivity index is 1.81. The molecule has 0 amide bonds. The molecule has 6 unspecified atom stereocenters. The van der Waals surface area contributed by atoms with E-state index in [9.17, 15) is 19.5 Å². The molecule has 0 heterocycles. The molecule has 0 aromatic carbocycles. The van der Waals surface area contributed by atoms with Crippen molar-refractivity contribution in [2.45, 2.75) is 90.0 Å². The predicted molar refractivity (Wildman–Crippen MR) is 104 cm³/mol. The number of ether oxygens (including phenoxy) is 1. The molecule has 0 aliphatic heterocycles. The molecule has 4 rings (SSSR count). The van der Waals surface area contributed by atoms with Gasteiger partial charge in [0.05, 0.1) is 6.10 Å². The van der Waals surface area contributed by atoms with E-state index in [-0.39, 0.29) is 30.3 Å². The van der Waals surface area contributed by atoms with Crippen LogP contribution in [0.1, 0.15) is 72.6 Å². The number of esters is 1. The highest BCUT2D eigenvalue weighted by atomic mass is 19.1. The molecule has 3 saturated carbocycles. The summed E-state index contributed by atoms with van der Waals surface area (Å²) in [4.78, 5) is 36.6. The summed E-state index contributed by atoms with van der Waals surface area (Å²) < 4.78 is 22.6. The maximum atomic E-state index is 17.0. The second kappa shape index (κ2) is 6.22. The van der Waals surface area contributed by atoms with Crippen LogP contribution in [0.25, 0.3) is 0 Å². The molecular formula is C23H31FO5. The van der Waals surface area contributed by atoms with Crippen molar-refractivity contribution in [1.29, 1.82) is 0 Å². The molecule has 3 fully saturated rings. The van der Waals surface area contributed by atoms with Gasteiger partial charge in [0.1, 0.15) is 5.67 Å². The first-order chi connectivity index (χ1) is 13.4. The Morgan fingerprint density at radius 3 is 2.45 bits per heavy atom. The molecular weight excluding hydrogens is 375 g/mol. The van der Waals surface area contributed by atoms with Gasteiger partial charge in [-0.05, 0) is 57.4 Å². The van der Waals surface area contributed by atoms with Crippen molar-refractivity contribution in [3.05, 3.63) is 11.6 Å². The first kappa shape index (κ1) is 20.7. The van der Waals surface area contributed by atoms with Gasteiger partial charge in [-0.2, -0.15) is 0 Å². The number of ketones is 2. The van der Waals surface area contributed by atoms with E-state index in [2.05, 4.69) is 0 Å². The number of alkyl halides is 1. The molecule has 0 aromatic rings. The lowest BCUT2D eigenvalue weighted by molar-refractivity contribution is -0.231. The third kappa shape index (κ3) is 2.38. The second-order valence-electron chi connectivity index (χ2n) is 10.1. The molecule has 0 radical (unpaired) electrons. The molecule has 1 N–H and O–H groups in total. The molecule has 0 spiro atoms. The van der Waals surface area contributed by atoms with Gasteiger partial charge in [-0.3, -0.25) is 14.4 Å². The summed E-state index contributed by atoms with van der Waals surface area (Å²) in [5.41, 5.74) is -4.05. The Labute approximate surface area is 171 Å². The number of hydrogen-bond acceptors (Lipinski definition) is 5. The van der Waals surface area contributed by atoms with Crippen LogP contribution in [0.3, 0.4) is 0 Å². The SMILES string of the molecule is CC(=O)O[C@]1(C(C)=O)CCC2C3CCC4=CC(=O)CCC4(C)C3(F)C(O)CC21C. The van der Waals surface area contributed by atoms with Crippen LogP contribution in [0.4, 0.5) is 4.39 Å². The topological polar surface area (TPSA) is 80.7 Å². The summed E-state index contributed by atoms with van der Waals surface area (Å²) in [6, 6.07) is 0. The standard InChI is InChI=1S/C23H31FO5/c1-13(25)22(29-14(2)26)10-8-17-18-6-5-15-11-16(27)7-9-20(15,3)23(18,24)19(28)12-21(17,22)4/h11,17-19,28H,5-10,12H2,1-4H3/t17?,18?,19?,20?,21?,22-,23?/m0/s1. The van der Waals surface area contributed by atoms with Crippen molar-refractivity contribution in [2.75, 3.05) is 0 Å². The number of halogens is 1. The normalized spacial score (nSPS) is 48.8. The molecule has 4 aliphatic carbocycles. The predicted octanol–water partition coefficient (Wildman–Crippen LogP) is 3.47. The van der Waals surface area contributed by atoms with Gasteiger partial charge in [-0.1, -0.05) is 19.4 Å². The molecule has 4 aliphatic rings. The van der Waals surface area contributed by atoms with Crippen LogP contribution in [0.2, 0.25) is 0 Å². The minimum Gasteiger partial charge on any atom is -0.451 e. The highest BCUT2D eigenvalue weighted by Crippen LogP contribution is 2.70. The Morgan fingerprint density at radius 2 is 1.83 bits per heavy atom. The zero-order chi connectivity index (χ0) is 21.4. The third-order valence-corrected chi connectivity index (χ3v) is 9.05. The summed E-state index contributed by atoms with van der Waals surface area (Å²) in [7, 11) is 0. The van der Waals surface area contributed by atoms with Crippen LogP contribution in [-0.4, -0.2) is 40.0 Å². The van der Waals surface area contributed by atoms with Gasteiger partial charge in [0.2, 0.25) is 0 Å². The summed E-state index contributed by atoms with van der Waals surface area (Å²) in [5.74, 6) is -1.35. The van der Waals surface area contributed by atoms with E-state index in [0.29, 0.717) is 32.1 Å². The van der Waals surface area contributed by atoms with Gasteiger partial charge in [0.15, 0.2) is 17.2 Å². The van der Waals surface area contributed by atoms with Crippen molar-refractivity contribution < 1.29 is 28.6 Å². The average molecular weight is 406 g/mol. The van der Waals surface area contributed by atoms with Crippen LogP contribution in [0.15, 0.2) is 11.6 Å². The van der Waals surface area contributed by atoms with Gasteiger partial charge in [-0.25, -0.2) is 4.39 Å². The molecule has 5 nitrogen and oxygen atoms in total. The highest BCUT2D eigenvalue weighted by Gasteiger charge is 2.75. The fourth-order valence-electron chi connectivity index (χ4n) is 7.62. The van der Waals surface area contributed by atoms with Crippen molar-refractivity contribution in [3.8, 4) is 0 Å². The number of aliphatic hydroxyl groups excluding tert-OH is 1. The van der Waals surface area contributed by atoms with Crippen LogP contribution >= 0.6 is 0 Å². The fourth-order valence-corrected chi connectivity index (χ4v) is 7.62. The van der Waals surface area contributed by atoms with Crippen LogP contribution in [0, 0.1) is 22.7 Å². The van der Waals surface area contributed by atoms with Gasteiger partial charge in [0.25, 0.3) is 0 Å². The Bertz CT molecular complexity index is 820. The van der Waals surface area contributed by atoms with E-state index in [1.54, 1.807) is 6.08 Å². The van der Waals surface area contributed by atoms with E-state index in [1.165, 1.54) is 13.8 Å². The number of carbonyl (C=O) groups excluding carboxylic acids is 3. The number of fused-ring (bicyclic) bond motifs is 5.